The summed E-state index contributed by atoms with van der Waals surface area (Å²) in [4.78, 5) is 5.99. The van der Waals surface area contributed by atoms with Crippen LogP contribution in [0.2, 0.25) is 0 Å². The van der Waals surface area contributed by atoms with E-state index in [4.69, 9.17) is 0 Å². The zero-order chi connectivity index (χ0) is 17.5. The molecule has 0 aliphatic carbocycles. The van der Waals surface area contributed by atoms with Crippen LogP contribution in [0.4, 0.5) is 0 Å². The first kappa shape index (κ1) is 24.1. The minimum atomic E-state index is -0.903. The number of piperazine rings is 1. The maximum atomic E-state index is 12.6. The fourth-order valence-corrected chi connectivity index (χ4v) is 4.48. The molecule has 2 aromatic carbocycles. The zero-order valence-corrected chi connectivity index (χ0v) is 18.3. The number of benzene rings is 2. The van der Waals surface area contributed by atoms with Crippen molar-refractivity contribution in [2.45, 2.75) is 30.0 Å². The van der Waals surface area contributed by atoms with Crippen molar-refractivity contribution in [1.29, 1.82) is 0 Å². The third-order valence-electron chi connectivity index (χ3n) is 4.91. The Kier molecular flexibility index (Phi) is 11.2. The van der Waals surface area contributed by atoms with Crippen LogP contribution in [0.25, 0.3) is 0 Å². The second-order valence-corrected chi connectivity index (χ2v) is 8.68. The molecule has 0 saturated carbocycles. The van der Waals surface area contributed by atoms with E-state index in [0.29, 0.717) is 0 Å². The highest BCUT2D eigenvalue weighted by Crippen LogP contribution is 2.15. The van der Waals surface area contributed by atoms with E-state index in [1.165, 1.54) is 5.56 Å². The van der Waals surface area contributed by atoms with Crippen LogP contribution in [0, 0.1) is 0 Å². The van der Waals surface area contributed by atoms with Crippen LogP contribution < -0.4 is 0 Å². The van der Waals surface area contributed by atoms with Crippen molar-refractivity contribution in [3.8, 4) is 0 Å². The van der Waals surface area contributed by atoms with Crippen LogP contribution in [0.5, 0.6) is 0 Å². The molecule has 2 atom stereocenters. The maximum Gasteiger partial charge on any atom is 0.0558 e. The smallest absolute Gasteiger partial charge is 0.0558 e. The normalized spacial score (nSPS) is 17.4. The molecule has 3 rings (SSSR count). The van der Waals surface area contributed by atoms with Crippen LogP contribution in [0.1, 0.15) is 18.9 Å². The van der Waals surface area contributed by atoms with E-state index >= 15 is 0 Å². The lowest BCUT2D eigenvalue weighted by Gasteiger charge is -2.35. The van der Waals surface area contributed by atoms with E-state index in [0.717, 1.165) is 50.6 Å². The molecule has 3 nitrogen and oxygen atoms in total. The monoisotopic (exact) mass is 428 g/mol. The van der Waals surface area contributed by atoms with Gasteiger partial charge in [-0.25, -0.2) is 0 Å². The molecule has 2 unspecified atom stereocenters. The van der Waals surface area contributed by atoms with Gasteiger partial charge in [0.1, 0.15) is 0 Å². The summed E-state index contributed by atoms with van der Waals surface area (Å²) in [7, 11) is -0.903. The van der Waals surface area contributed by atoms with Crippen LogP contribution in [-0.2, 0) is 17.3 Å². The summed E-state index contributed by atoms with van der Waals surface area (Å²) in [6.07, 6.45) is 0.986. The SMILES string of the molecule is CC(CCN1CCN(Cc2ccccc2)CC1)S(=O)c1ccccc1.Cl.Cl. The van der Waals surface area contributed by atoms with Gasteiger partial charge in [-0.1, -0.05) is 55.5 Å². The van der Waals surface area contributed by atoms with Crippen molar-refractivity contribution in [1.82, 2.24) is 9.80 Å². The standard InChI is InChI=1S/C21H28N2OS.2ClH/c1-19(25(24)21-10-6-3-7-11-21)12-13-22-14-16-23(17-15-22)18-20-8-4-2-5-9-20;;/h2-11,19H,12-18H2,1H3;2*1H. The van der Waals surface area contributed by atoms with Crippen molar-refractivity contribution in [2.75, 3.05) is 32.7 Å². The van der Waals surface area contributed by atoms with Crippen molar-refractivity contribution in [3.05, 3.63) is 66.2 Å². The molecule has 6 heteroatoms. The van der Waals surface area contributed by atoms with Crippen LogP contribution in [0.15, 0.2) is 65.6 Å². The van der Waals surface area contributed by atoms with Gasteiger partial charge in [-0.15, -0.1) is 24.8 Å². The van der Waals surface area contributed by atoms with Gasteiger partial charge in [0.15, 0.2) is 0 Å². The second kappa shape index (κ2) is 12.5. The highest BCUT2D eigenvalue weighted by Gasteiger charge is 2.19. The van der Waals surface area contributed by atoms with Gasteiger partial charge in [0.05, 0.1) is 10.8 Å². The average molecular weight is 429 g/mol. The molecule has 1 saturated heterocycles. The lowest BCUT2D eigenvalue weighted by molar-refractivity contribution is 0.126. The Labute approximate surface area is 178 Å². The van der Waals surface area contributed by atoms with Gasteiger partial charge in [0.25, 0.3) is 0 Å². The van der Waals surface area contributed by atoms with E-state index in [-0.39, 0.29) is 30.1 Å². The van der Waals surface area contributed by atoms with Crippen LogP contribution in [0.3, 0.4) is 0 Å². The summed E-state index contributed by atoms with van der Waals surface area (Å²) in [6, 6.07) is 20.5. The van der Waals surface area contributed by atoms with Crippen molar-refractivity contribution >= 4 is 35.6 Å². The molecule has 1 aliphatic heterocycles. The van der Waals surface area contributed by atoms with Crippen LogP contribution >= 0.6 is 24.8 Å². The molecule has 1 fully saturated rings. The minimum Gasteiger partial charge on any atom is -0.301 e. The molecule has 1 heterocycles. The number of hydrogen-bond acceptors (Lipinski definition) is 3. The van der Waals surface area contributed by atoms with Gasteiger partial charge in [-0.05, 0) is 30.7 Å². The molecular weight excluding hydrogens is 399 g/mol. The lowest BCUT2D eigenvalue weighted by Crippen LogP contribution is -2.46. The van der Waals surface area contributed by atoms with Crippen molar-refractivity contribution < 1.29 is 4.21 Å². The Morgan fingerprint density at radius 1 is 0.852 bits per heavy atom. The fourth-order valence-electron chi connectivity index (χ4n) is 3.27. The molecule has 0 bridgehead atoms. The van der Waals surface area contributed by atoms with Gasteiger partial charge in [0, 0.05) is 42.9 Å². The highest BCUT2D eigenvalue weighted by atomic mass is 35.5. The van der Waals surface area contributed by atoms with E-state index in [2.05, 4.69) is 47.1 Å². The molecule has 0 amide bonds. The highest BCUT2D eigenvalue weighted by molar-refractivity contribution is 7.85. The molecule has 0 spiro atoms. The Balaban J connectivity index is 0.00000182. The first-order chi connectivity index (χ1) is 12.2. The Morgan fingerprint density at radius 2 is 1.37 bits per heavy atom. The molecule has 150 valence electrons. The first-order valence-electron chi connectivity index (χ1n) is 9.16. The lowest BCUT2D eigenvalue weighted by atomic mass is 10.2. The van der Waals surface area contributed by atoms with Crippen LogP contribution in [-0.4, -0.2) is 52.0 Å². The quantitative estimate of drug-likeness (QED) is 0.658. The number of hydrogen-bond donors (Lipinski definition) is 0. The van der Waals surface area contributed by atoms with E-state index < -0.39 is 10.8 Å². The summed E-state index contributed by atoms with van der Waals surface area (Å²) < 4.78 is 12.6. The van der Waals surface area contributed by atoms with E-state index in [1.54, 1.807) is 0 Å². The first-order valence-corrected chi connectivity index (χ1v) is 10.4. The molecular formula is C21H30Cl2N2OS. The predicted octanol–water partition coefficient (Wildman–Crippen LogP) is 4.23. The maximum absolute atomic E-state index is 12.6. The number of rotatable bonds is 7. The fraction of sp³-hybridized carbons (Fsp3) is 0.429. The predicted molar refractivity (Wildman–Crippen MR) is 120 cm³/mol. The van der Waals surface area contributed by atoms with E-state index in [1.807, 2.05) is 30.3 Å². The summed E-state index contributed by atoms with van der Waals surface area (Å²) in [5.41, 5.74) is 1.39. The topological polar surface area (TPSA) is 23.6 Å². The Morgan fingerprint density at radius 3 is 1.96 bits per heavy atom. The minimum absolute atomic E-state index is 0. The summed E-state index contributed by atoms with van der Waals surface area (Å²) >= 11 is 0. The number of nitrogens with zero attached hydrogens (tertiary/aromatic N) is 2. The molecule has 0 radical (unpaired) electrons. The van der Waals surface area contributed by atoms with Crippen molar-refractivity contribution in [2.24, 2.45) is 0 Å². The largest absolute Gasteiger partial charge is 0.301 e. The number of halogens is 2. The molecule has 0 aromatic heterocycles. The Bertz CT molecular complexity index is 664. The zero-order valence-electron chi connectivity index (χ0n) is 15.8. The molecule has 1 aliphatic rings. The second-order valence-electron chi connectivity index (χ2n) is 6.81. The molecule has 0 N–H and O–H groups in total. The van der Waals surface area contributed by atoms with Gasteiger partial charge >= 0.3 is 0 Å². The Hall–Kier alpha value is -0.910. The third-order valence-corrected chi connectivity index (χ3v) is 6.61. The van der Waals surface area contributed by atoms with Crippen molar-refractivity contribution in [3.63, 3.8) is 0 Å². The molecule has 2 aromatic rings. The summed E-state index contributed by atoms with van der Waals surface area (Å²) in [5.74, 6) is 0. The van der Waals surface area contributed by atoms with Gasteiger partial charge < -0.3 is 4.90 Å². The van der Waals surface area contributed by atoms with Gasteiger partial charge in [0.2, 0.25) is 0 Å². The van der Waals surface area contributed by atoms with E-state index in [9.17, 15) is 4.21 Å². The van der Waals surface area contributed by atoms with Gasteiger partial charge in [-0.2, -0.15) is 0 Å². The summed E-state index contributed by atoms with van der Waals surface area (Å²) in [6.45, 7) is 8.64. The molecule has 27 heavy (non-hydrogen) atoms. The average Bonchev–Trinajstić information content (AvgIpc) is 2.68. The van der Waals surface area contributed by atoms with Gasteiger partial charge in [-0.3, -0.25) is 9.11 Å². The summed E-state index contributed by atoms with van der Waals surface area (Å²) in [5, 5.41) is 0.199. The third kappa shape index (κ3) is 7.55.